The van der Waals surface area contributed by atoms with E-state index < -0.39 is 11.5 Å². The van der Waals surface area contributed by atoms with Crippen LogP contribution in [0.5, 0.6) is 0 Å². The quantitative estimate of drug-likeness (QED) is 0.781. The van der Waals surface area contributed by atoms with Gasteiger partial charge in [0.1, 0.15) is 22.2 Å². The zero-order valence-electron chi connectivity index (χ0n) is 11.9. The molecule has 0 saturated carbocycles. The molecular weight excluding hydrogens is 300 g/mol. The summed E-state index contributed by atoms with van der Waals surface area (Å²) in [6.07, 6.45) is 1.47. The molecule has 0 saturated heterocycles. The number of fused-ring (bicyclic) bond motifs is 1. The number of aldehydes is 2. The van der Waals surface area contributed by atoms with Gasteiger partial charge in [-0.25, -0.2) is 0 Å². The summed E-state index contributed by atoms with van der Waals surface area (Å²) >= 11 is 0. The Morgan fingerprint density at radius 3 is 2.57 bits per heavy atom. The van der Waals surface area contributed by atoms with Crippen molar-refractivity contribution in [2.24, 2.45) is 0 Å². The van der Waals surface area contributed by atoms with Gasteiger partial charge < -0.3 is 14.6 Å². The second kappa shape index (κ2) is 5.66. The van der Waals surface area contributed by atoms with E-state index in [9.17, 15) is 24.6 Å². The highest BCUT2D eigenvalue weighted by Gasteiger charge is 2.16. The van der Waals surface area contributed by atoms with E-state index in [2.05, 4.69) is 0 Å². The third kappa shape index (κ3) is 2.60. The minimum absolute atomic E-state index is 0.0270. The Morgan fingerprint density at radius 2 is 1.87 bits per heavy atom. The number of aliphatic hydroxyl groups excluding tert-OH is 2. The van der Waals surface area contributed by atoms with Crippen molar-refractivity contribution in [1.82, 2.24) is 0 Å². The highest BCUT2D eigenvalue weighted by Crippen LogP contribution is 2.19. The van der Waals surface area contributed by atoms with Gasteiger partial charge in [-0.05, 0) is 12.1 Å². The Kier molecular flexibility index (Phi) is 3.67. The zero-order valence-corrected chi connectivity index (χ0v) is 11.9. The van der Waals surface area contributed by atoms with Crippen LogP contribution >= 0.6 is 0 Å². The van der Waals surface area contributed by atoms with Crippen LogP contribution in [0.3, 0.4) is 0 Å². The first kappa shape index (κ1) is 14.9. The molecule has 0 bridgehead atoms. The second-order valence-corrected chi connectivity index (χ2v) is 5.18. The molecule has 6 nitrogen and oxygen atoms in total. The predicted molar refractivity (Wildman–Crippen MR) is 81.6 cm³/mol. The van der Waals surface area contributed by atoms with Crippen LogP contribution in [0.1, 0.15) is 27.1 Å². The summed E-state index contributed by atoms with van der Waals surface area (Å²) < 4.78 is 5.58. The third-order valence-electron chi connectivity index (χ3n) is 3.63. The normalized spacial score (nSPS) is 16.4. The van der Waals surface area contributed by atoms with Crippen molar-refractivity contribution in [1.29, 1.82) is 0 Å². The fourth-order valence-corrected chi connectivity index (χ4v) is 2.53. The number of hydrogen-bond acceptors (Lipinski definition) is 6. The highest BCUT2D eigenvalue weighted by atomic mass is 16.3. The van der Waals surface area contributed by atoms with Gasteiger partial charge in [0, 0.05) is 29.2 Å². The maximum Gasteiger partial charge on any atom is 0.196 e. The van der Waals surface area contributed by atoms with Crippen molar-refractivity contribution < 1.29 is 24.2 Å². The number of carbonyl (C=O) groups is 2. The Morgan fingerprint density at radius 1 is 1.13 bits per heavy atom. The van der Waals surface area contributed by atoms with Crippen molar-refractivity contribution >= 4 is 24.4 Å². The molecule has 1 aliphatic carbocycles. The van der Waals surface area contributed by atoms with Crippen molar-refractivity contribution in [3.63, 3.8) is 0 Å². The van der Waals surface area contributed by atoms with Gasteiger partial charge in [-0.1, -0.05) is 12.1 Å². The fourth-order valence-electron chi connectivity index (χ4n) is 2.53. The van der Waals surface area contributed by atoms with Gasteiger partial charge in [0.2, 0.25) is 0 Å². The van der Waals surface area contributed by atoms with E-state index in [-0.39, 0.29) is 39.7 Å². The maximum atomic E-state index is 12.2. The summed E-state index contributed by atoms with van der Waals surface area (Å²) in [6.45, 7) is 0. The summed E-state index contributed by atoms with van der Waals surface area (Å²) in [5.74, 6) is -0.0485. The molecule has 1 heterocycles. The molecule has 1 atom stereocenters. The van der Waals surface area contributed by atoms with Crippen molar-refractivity contribution in [3.8, 4) is 11.3 Å². The molecule has 6 heteroatoms. The number of benzene rings is 1. The first-order valence-corrected chi connectivity index (χ1v) is 6.84. The average Bonchev–Trinajstić information content (AvgIpc) is 2.52. The average molecular weight is 312 g/mol. The van der Waals surface area contributed by atoms with Crippen LogP contribution in [0.15, 0.2) is 33.5 Å². The van der Waals surface area contributed by atoms with E-state index in [0.29, 0.717) is 18.1 Å². The molecule has 0 radical (unpaired) electrons. The van der Waals surface area contributed by atoms with Gasteiger partial charge in [0.25, 0.3) is 0 Å². The molecule has 2 aromatic rings. The molecule has 0 fully saturated rings. The second-order valence-electron chi connectivity index (χ2n) is 5.18. The molecular formula is C17H12O6. The van der Waals surface area contributed by atoms with E-state index in [0.717, 1.165) is 0 Å². The summed E-state index contributed by atoms with van der Waals surface area (Å²) in [6, 6.07) is 5.63. The molecule has 23 heavy (non-hydrogen) atoms. The number of aliphatic hydroxyl groups is 2. The monoisotopic (exact) mass is 312 g/mol. The van der Waals surface area contributed by atoms with Gasteiger partial charge in [-0.3, -0.25) is 14.4 Å². The summed E-state index contributed by atoms with van der Waals surface area (Å²) in [7, 11) is 0. The molecule has 2 N–H and O–H groups in total. The van der Waals surface area contributed by atoms with E-state index in [1.807, 2.05) is 0 Å². The zero-order chi connectivity index (χ0) is 16.6. The van der Waals surface area contributed by atoms with Crippen LogP contribution in [0, 0.1) is 0 Å². The van der Waals surface area contributed by atoms with Crippen LogP contribution in [0.25, 0.3) is 23.2 Å². The Bertz CT molecular complexity index is 983. The molecule has 0 spiro atoms. The Balaban J connectivity index is 2.26. The van der Waals surface area contributed by atoms with Crippen molar-refractivity contribution in [3.05, 3.63) is 56.2 Å². The smallest absolute Gasteiger partial charge is 0.196 e. The topological polar surface area (TPSA) is 105 Å². The lowest BCUT2D eigenvalue weighted by atomic mass is 10.0. The molecule has 116 valence electrons. The summed E-state index contributed by atoms with van der Waals surface area (Å²) in [5.41, 5.74) is 0.476. The predicted octanol–water partition coefficient (Wildman–Crippen LogP) is 0.143. The van der Waals surface area contributed by atoms with Gasteiger partial charge in [-0.15, -0.1) is 0 Å². The third-order valence-corrected chi connectivity index (χ3v) is 3.63. The largest absolute Gasteiger partial charge is 0.511 e. The first-order valence-electron chi connectivity index (χ1n) is 6.84. The SMILES string of the molecule is O=Cc1ccc(-c2cc(=O)c3c(o2)=CC(O)CC=3O)cc1C=O. The van der Waals surface area contributed by atoms with Crippen molar-refractivity contribution in [2.75, 3.05) is 0 Å². The Labute approximate surface area is 129 Å². The van der Waals surface area contributed by atoms with E-state index >= 15 is 0 Å². The molecule has 0 amide bonds. The van der Waals surface area contributed by atoms with Crippen LogP contribution in [0.4, 0.5) is 0 Å². The Hall–Kier alpha value is -2.99. The molecule has 1 aromatic heterocycles. The first-order chi connectivity index (χ1) is 11.0. The lowest BCUT2D eigenvalue weighted by Gasteiger charge is -2.11. The van der Waals surface area contributed by atoms with Gasteiger partial charge >= 0.3 is 0 Å². The molecule has 0 aliphatic heterocycles. The summed E-state index contributed by atoms with van der Waals surface area (Å²) in [5, 5.41) is 19.5. The summed E-state index contributed by atoms with van der Waals surface area (Å²) in [4.78, 5) is 34.1. The highest BCUT2D eigenvalue weighted by molar-refractivity contribution is 5.91. The van der Waals surface area contributed by atoms with Crippen LogP contribution in [-0.4, -0.2) is 28.9 Å². The van der Waals surface area contributed by atoms with Crippen LogP contribution < -0.4 is 16.1 Å². The minimum atomic E-state index is -0.941. The van der Waals surface area contributed by atoms with Gasteiger partial charge in [0.05, 0.1) is 6.10 Å². The minimum Gasteiger partial charge on any atom is -0.511 e. The lowest BCUT2D eigenvalue weighted by Crippen LogP contribution is -2.44. The lowest BCUT2D eigenvalue weighted by molar-refractivity contribution is 0.109. The molecule has 1 aliphatic rings. The maximum absolute atomic E-state index is 12.2. The fraction of sp³-hybridized carbons (Fsp3) is 0.118. The molecule has 1 aromatic carbocycles. The van der Waals surface area contributed by atoms with E-state index in [4.69, 9.17) is 4.42 Å². The van der Waals surface area contributed by atoms with Gasteiger partial charge in [0.15, 0.2) is 18.0 Å². The number of hydrogen-bond donors (Lipinski definition) is 2. The van der Waals surface area contributed by atoms with Crippen molar-refractivity contribution in [2.45, 2.75) is 12.5 Å². The van der Waals surface area contributed by atoms with E-state index in [1.54, 1.807) is 6.07 Å². The number of carbonyl (C=O) groups excluding carboxylic acids is 2. The number of rotatable bonds is 3. The van der Waals surface area contributed by atoms with E-state index in [1.165, 1.54) is 24.3 Å². The van der Waals surface area contributed by atoms with Crippen LogP contribution in [-0.2, 0) is 0 Å². The molecule has 3 rings (SSSR count). The standard InChI is InChI=1S/C17H12O6/c18-7-10-2-1-9(3-11(10)8-19)15-6-14(22)17-13(21)4-12(20)5-16(17)23-15/h1-3,5-8,12,20-21H,4H2. The molecule has 1 unspecified atom stereocenters. The van der Waals surface area contributed by atoms with Gasteiger partial charge in [-0.2, -0.15) is 0 Å². The van der Waals surface area contributed by atoms with Crippen LogP contribution in [0.2, 0.25) is 0 Å².